The van der Waals surface area contributed by atoms with Gasteiger partial charge in [0.15, 0.2) is 0 Å². The first-order chi connectivity index (χ1) is 12.9. The summed E-state index contributed by atoms with van der Waals surface area (Å²) in [6.07, 6.45) is 6.72. The predicted molar refractivity (Wildman–Crippen MR) is 108 cm³/mol. The third-order valence-electron chi connectivity index (χ3n) is 4.77. The number of nitrogens with one attached hydrogen (secondary N) is 1. The second-order valence-corrected chi connectivity index (χ2v) is 8.40. The number of fused-ring (bicyclic) bond motifs is 1. The maximum Gasteiger partial charge on any atom is 0.260 e. The van der Waals surface area contributed by atoms with E-state index < -0.39 is 0 Å². The minimum Gasteiger partial charge on any atom is -0.355 e. The molecule has 0 unspecified atom stereocenters. The van der Waals surface area contributed by atoms with E-state index in [9.17, 15) is 4.79 Å². The molecule has 0 amide bonds. The van der Waals surface area contributed by atoms with Gasteiger partial charge in [0, 0.05) is 23.5 Å². The van der Waals surface area contributed by atoms with Gasteiger partial charge in [-0.05, 0) is 31.9 Å². The zero-order chi connectivity index (χ0) is 19.0. The molecule has 0 radical (unpaired) electrons. The molecule has 0 aliphatic carbocycles. The second-order valence-electron chi connectivity index (χ2n) is 6.96. The van der Waals surface area contributed by atoms with Crippen molar-refractivity contribution in [1.29, 1.82) is 0 Å². The molecule has 1 aromatic carbocycles. The normalized spacial score (nSPS) is 16.6. The van der Waals surface area contributed by atoms with Gasteiger partial charge < -0.3 is 15.6 Å². The summed E-state index contributed by atoms with van der Waals surface area (Å²) in [5.41, 5.74) is 6.39. The number of hydrogen-bond donors (Lipinski definition) is 2. The molecule has 2 aromatic heterocycles. The Labute approximate surface area is 165 Å². The average Bonchev–Trinajstić information content (AvgIpc) is 2.65. The van der Waals surface area contributed by atoms with E-state index >= 15 is 0 Å². The Morgan fingerprint density at radius 3 is 2.70 bits per heavy atom. The van der Waals surface area contributed by atoms with Crippen LogP contribution in [0.25, 0.3) is 10.9 Å². The summed E-state index contributed by atoms with van der Waals surface area (Å²) in [6, 6.07) is 3.61. The van der Waals surface area contributed by atoms with E-state index in [1.165, 1.54) is 18.1 Å². The van der Waals surface area contributed by atoms with Crippen LogP contribution in [0.2, 0.25) is 5.02 Å². The number of H-pyrrole nitrogens is 1. The maximum atomic E-state index is 12.0. The Balaban J connectivity index is 1.54. The number of rotatable bonds is 3. The number of nitrogens with zero attached hydrogens (tertiary/aromatic N) is 4. The molecule has 3 N–H and O–H groups in total. The Kier molecular flexibility index (Phi) is 4.79. The summed E-state index contributed by atoms with van der Waals surface area (Å²) in [5, 5.41) is 1.46. The van der Waals surface area contributed by atoms with Crippen LogP contribution in [0.5, 0.6) is 0 Å². The van der Waals surface area contributed by atoms with Crippen LogP contribution < -0.4 is 16.2 Å². The third-order valence-corrected chi connectivity index (χ3v) is 6.25. The molecule has 1 aliphatic rings. The quantitative estimate of drug-likeness (QED) is 0.694. The van der Waals surface area contributed by atoms with E-state index in [0.29, 0.717) is 21.0 Å². The van der Waals surface area contributed by atoms with Crippen LogP contribution in [-0.4, -0.2) is 38.6 Å². The molecule has 1 saturated heterocycles. The minimum atomic E-state index is -0.258. The Hall–Kier alpha value is -2.16. The van der Waals surface area contributed by atoms with Gasteiger partial charge in [-0.25, -0.2) is 15.0 Å². The lowest BCUT2D eigenvalue weighted by Crippen LogP contribution is -2.48. The average molecular weight is 403 g/mol. The van der Waals surface area contributed by atoms with Gasteiger partial charge in [0.05, 0.1) is 34.6 Å². The van der Waals surface area contributed by atoms with Crippen molar-refractivity contribution in [3.05, 3.63) is 46.2 Å². The molecule has 27 heavy (non-hydrogen) atoms. The molecule has 0 atom stereocenters. The van der Waals surface area contributed by atoms with Gasteiger partial charge in [0.2, 0.25) is 0 Å². The molecular weight excluding hydrogens is 384 g/mol. The van der Waals surface area contributed by atoms with Crippen LogP contribution in [0.1, 0.15) is 19.8 Å². The van der Waals surface area contributed by atoms with Crippen molar-refractivity contribution >= 4 is 40.1 Å². The van der Waals surface area contributed by atoms with Crippen LogP contribution in [0.15, 0.2) is 45.6 Å². The molecular formula is C18H19ClN6OS. The molecule has 1 aliphatic heterocycles. The minimum absolute atomic E-state index is 0.0980. The van der Waals surface area contributed by atoms with Crippen LogP contribution in [0.3, 0.4) is 0 Å². The number of hydrogen-bond acceptors (Lipinski definition) is 7. The highest BCUT2D eigenvalue weighted by atomic mass is 35.5. The number of aromatic amines is 1. The SMILES string of the molecule is CC1(N)CCN(c2cnc(Sc3ccc4nc[nH]c(=O)c4c3Cl)cn2)CC1. The van der Waals surface area contributed by atoms with E-state index in [1.54, 1.807) is 18.5 Å². The lowest BCUT2D eigenvalue weighted by molar-refractivity contribution is 0.363. The number of piperidine rings is 1. The van der Waals surface area contributed by atoms with Crippen molar-refractivity contribution in [1.82, 2.24) is 19.9 Å². The van der Waals surface area contributed by atoms with E-state index in [2.05, 4.69) is 31.8 Å². The molecule has 140 valence electrons. The Morgan fingerprint density at radius 2 is 2.00 bits per heavy atom. The van der Waals surface area contributed by atoms with Gasteiger partial charge in [0.25, 0.3) is 5.56 Å². The van der Waals surface area contributed by atoms with Gasteiger partial charge in [-0.1, -0.05) is 23.4 Å². The molecule has 0 bridgehead atoms. The molecule has 4 rings (SSSR count). The van der Waals surface area contributed by atoms with Gasteiger partial charge in [0.1, 0.15) is 10.8 Å². The zero-order valence-electron chi connectivity index (χ0n) is 14.8. The van der Waals surface area contributed by atoms with Crippen molar-refractivity contribution in [2.75, 3.05) is 18.0 Å². The third kappa shape index (κ3) is 3.78. The Bertz CT molecular complexity index is 1030. The van der Waals surface area contributed by atoms with Crippen molar-refractivity contribution < 1.29 is 0 Å². The summed E-state index contributed by atoms with van der Waals surface area (Å²) in [7, 11) is 0. The number of anilines is 1. The smallest absolute Gasteiger partial charge is 0.260 e. The second kappa shape index (κ2) is 7.10. The van der Waals surface area contributed by atoms with Gasteiger partial charge >= 0.3 is 0 Å². The van der Waals surface area contributed by atoms with Crippen molar-refractivity contribution in [2.24, 2.45) is 5.73 Å². The fourth-order valence-corrected chi connectivity index (χ4v) is 4.19. The Morgan fingerprint density at radius 1 is 1.22 bits per heavy atom. The van der Waals surface area contributed by atoms with Crippen LogP contribution in [-0.2, 0) is 0 Å². The number of nitrogens with two attached hydrogens (primary N) is 1. The molecule has 7 nitrogen and oxygen atoms in total. The summed E-state index contributed by atoms with van der Waals surface area (Å²) < 4.78 is 0. The highest BCUT2D eigenvalue weighted by Gasteiger charge is 2.26. The molecule has 1 fully saturated rings. The van der Waals surface area contributed by atoms with Gasteiger partial charge in [-0.3, -0.25) is 4.79 Å². The van der Waals surface area contributed by atoms with E-state index in [-0.39, 0.29) is 11.1 Å². The fourth-order valence-electron chi connectivity index (χ4n) is 3.07. The van der Waals surface area contributed by atoms with E-state index in [4.69, 9.17) is 17.3 Å². The van der Waals surface area contributed by atoms with Crippen LogP contribution in [0, 0.1) is 0 Å². The number of aromatic nitrogens is 4. The predicted octanol–water partition coefficient (Wildman–Crippen LogP) is 2.84. The van der Waals surface area contributed by atoms with E-state index in [0.717, 1.165) is 36.6 Å². The van der Waals surface area contributed by atoms with E-state index in [1.807, 2.05) is 6.07 Å². The van der Waals surface area contributed by atoms with Crippen molar-refractivity contribution in [3.63, 3.8) is 0 Å². The monoisotopic (exact) mass is 402 g/mol. The first kappa shape index (κ1) is 18.2. The summed E-state index contributed by atoms with van der Waals surface area (Å²) in [6.45, 7) is 3.84. The zero-order valence-corrected chi connectivity index (χ0v) is 16.3. The topological polar surface area (TPSA) is 101 Å². The lowest BCUT2D eigenvalue weighted by atomic mass is 9.91. The van der Waals surface area contributed by atoms with Crippen molar-refractivity contribution in [2.45, 2.75) is 35.2 Å². The fraction of sp³-hybridized carbons (Fsp3) is 0.333. The number of halogens is 1. The molecule has 3 aromatic rings. The molecule has 9 heteroatoms. The summed E-state index contributed by atoms with van der Waals surface area (Å²) in [5.74, 6) is 0.847. The van der Waals surface area contributed by atoms with Crippen molar-refractivity contribution in [3.8, 4) is 0 Å². The number of benzene rings is 1. The summed E-state index contributed by atoms with van der Waals surface area (Å²) >= 11 is 7.80. The lowest BCUT2D eigenvalue weighted by Gasteiger charge is -2.37. The standard InChI is InChI=1S/C18H19ClN6OS/c1-18(20)4-6-25(7-5-18)13-8-22-14(9-21-13)27-12-3-2-11-15(16(12)19)17(26)24-10-23-11/h2-3,8-10H,4-7,20H2,1H3,(H,23,24,26). The first-order valence-corrected chi connectivity index (χ1v) is 9.82. The highest BCUT2D eigenvalue weighted by Crippen LogP contribution is 2.35. The van der Waals surface area contributed by atoms with Gasteiger partial charge in [-0.2, -0.15) is 0 Å². The highest BCUT2D eigenvalue weighted by molar-refractivity contribution is 7.99. The molecule has 0 saturated carbocycles. The maximum absolute atomic E-state index is 12.0. The largest absolute Gasteiger partial charge is 0.355 e. The summed E-state index contributed by atoms with van der Waals surface area (Å²) in [4.78, 5) is 30.7. The molecule has 0 spiro atoms. The molecule has 3 heterocycles. The first-order valence-electron chi connectivity index (χ1n) is 8.63. The van der Waals surface area contributed by atoms with Gasteiger partial charge in [-0.15, -0.1) is 0 Å². The van der Waals surface area contributed by atoms with Crippen LogP contribution in [0.4, 0.5) is 5.82 Å². The van der Waals surface area contributed by atoms with Crippen LogP contribution >= 0.6 is 23.4 Å².